The number of carbonyl (C=O) groups is 1. The van der Waals surface area contributed by atoms with Gasteiger partial charge in [0, 0.05) is 22.5 Å². The van der Waals surface area contributed by atoms with E-state index in [0.717, 1.165) is 57.1 Å². The highest BCUT2D eigenvalue weighted by Crippen LogP contribution is 2.38. The summed E-state index contributed by atoms with van der Waals surface area (Å²) < 4.78 is 1.99. The van der Waals surface area contributed by atoms with E-state index in [2.05, 4.69) is 11.0 Å². The minimum absolute atomic E-state index is 0.222. The van der Waals surface area contributed by atoms with E-state index in [1.807, 2.05) is 35.9 Å². The third kappa shape index (κ3) is 3.25. The second-order valence-electron chi connectivity index (χ2n) is 8.05. The monoisotopic (exact) mass is 413 g/mol. The third-order valence-corrected chi connectivity index (χ3v) is 7.49. The Bertz CT molecular complexity index is 1030. The Morgan fingerprint density at radius 3 is 2.64 bits per heavy atom. The number of hydrogen-bond acceptors (Lipinski definition) is 3. The highest BCUT2D eigenvalue weighted by Gasteiger charge is 2.39. The van der Waals surface area contributed by atoms with Crippen LogP contribution in [-0.2, 0) is 6.54 Å². The van der Waals surface area contributed by atoms with Gasteiger partial charge >= 0.3 is 0 Å². The predicted octanol–water partition coefficient (Wildman–Crippen LogP) is 5.66. The molecule has 0 atom stereocenters. The van der Waals surface area contributed by atoms with Crippen molar-refractivity contribution < 1.29 is 4.79 Å². The van der Waals surface area contributed by atoms with Gasteiger partial charge in [0.1, 0.15) is 4.83 Å². The molecule has 0 aliphatic heterocycles. The molecule has 0 unspecified atom stereocenters. The van der Waals surface area contributed by atoms with Crippen LogP contribution in [0.2, 0.25) is 5.02 Å². The lowest BCUT2D eigenvalue weighted by Gasteiger charge is -2.28. The number of fused-ring (bicyclic) bond motifs is 1. The summed E-state index contributed by atoms with van der Waals surface area (Å²) in [6, 6.07) is 10.8. The number of benzene rings is 1. The minimum atomic E-state index is 0.222. The molecule has 0 bridgehead atoms. The molecule has 0 spiro atoms. The van der Waals surface area contributed by atoms with Crippen molar-refractivity contribution in [3.05, 3.63) is 51.5 Å². The van der Waals surface area contributed by atoms with Gasteiger partial charge in [0.15, 0.2) is 0 Å². The Kier molecular flexibility index (Phi) is 4.68. The van der Waals surface area contributed by atoms with Crippen LogP contribution in [0.3, 0.4) is 0 Å². The molecule has 2 aliphatic carbocycles. The molecule has 146 valence electrons. The first-order valence-corrected chi connectivity index (χ1v) is 11.3. The van der Waals surface area contributed by atoms with Crippen molar-refractivity contribution in [2.75, 3.05) is 0 Å². The van der Waals surface area contributed by atoms with Crippen LogP contribution >= 0.6 is 22.9 Å². The Hall–Kier alpha value is -1.85. The van der Waals surface area contributed by atoms with Crippen LogP contribution in [-0.4, -0.2) is 32.7 Å². The maximum absolute atomic E-state index is 13.4. The van der Waals surface area contributed by atoms with Gasteiger partial charge in [-0.15, -0.1) is 11.3 Å². The van der Waals surface area contributed by atoms with Crippen molar-refractivity contribution in [3.63, 3.8) is 0 Å². The van der Waals surface area contributed by atoms with Crippen LogP contribution in [0.15, 0.2) is 30.3 Å². The summed E-state index contributed by atoms with van der Waals surface area (Å²) in [6.45, 7) is 2.63. The highest BCUT2D eigenvalue weighted by atomic mass is 35.5. The molecule has 6 heteroatoms. The largest absolute Gasteiger partial charge is 0.332 e. The van der Waals surface area contributed by atoms with Gasteiger partial charge in [-0.25, -0.2) is 0 Å². The molecule has 5 rings (SSSR count). The summed E-state index contributed by atoms with van der Waals surface area (Å²) >= 11 is 7.92. The second kappa shape index (κ2) is 7.20. The average Bonchev–Trinajstić information content (AvgIpc) is 3.09. The van der Waals surface area contributed by atoms with E-state index in [1.165, 1.54) is 12.8 Å². The zero-order valence-corrected chi connectivity index (χ0v) is 17.6. The third-order valence-electron chi connectivity index (χ3n) is 5.99. The van der Waals surface area contributed by atoms with Gasteiger partial charge in [-0.2, -0.15) is 5.10 Å². The normalized spacial score (nSPS) is 17.5. The summed E-state index contributed by atoms with van der Waals surface area (Å²) in [5.74, 6) is 0.222. The molecule has 0 N–H and O–H groups in total. The van der Waals surface area contributed by atoms with E-state index in [9.17, 15) is 4.79 Å². The first-order valence-electron chi connectivity index (χ1n) is 10.1. The first kappa shape index (κ1) is 18.2. The standard InChI is InChI=1S/C22H24ClN3OS/c1-14-18-12-20(21(27)26(17-10-11-17)16-7-3-4-8-16)28-22(18)25(24-14)13-15-6-2-5-9-19(15)23/h2,5-6,9,12,16-17H,3-4,7-8,10-11,13H2,1H3. The molecule has 2 fully saturated rings. The minimum Gasteiger partial charge on any atom is -0.332 e. The molecule has 2 aliphatic rings. The number of aromatic nitrogens is 2. The van der Waals surface area contributed by atoms with E-state index >= 15 is 0 Å². The number of hydrogen-bond donors (Lipinski definition) is 0. The Morgan fingerprint density at radius 1 is 1.21 bits per heavy atom. The molecule has 4 nitrogen and oxygen atoms in total. The summed E-state index contributed by atoms with van der Waals surface area (Å²) in [7, 11) is 0. The summed E-state index contributed by atoms with van der Waals surface area (Å²) in [5, 5.41) is 6.53. The van der Waals surface area contributed by atoms with E-state index in [-0.39, 0.29) is 5.91 Å². The number of amides is 1. The van der Waals surface area contributed by atoms with E-state index in [4.69, 9.17) is 16.7 Å². The van der Waals surface area contributed by atoms with Crippen molar-refractivity contribution in [1.82, 2.24) is 14.7 Å². The highest BCUT2D eigenvalue weighted by molar-refractivity contribution is 7.20. The molecule has 2 aromatic heterocycles. The van der Waals surface area contributed by atoms with E-state index in [1.54, 1.807) is 11.3 Å². The lowest BCUT2D eigenvalue weighted by molar-refractivity contribution is 0.0669. The zero-order valence-electron chi connectivity index (χ0n) is 16.0. The Balaban J connectivity index is 1.48. The Morgan fingerprint density at radius 2 is 1.93 bits per heavy atom. The van der Waals surface area contributed by atoms with Crippen molar-refractivity contribution in [2.24, 2.45) is 0 Å². The molecule has 0 radical (unpaired) electrons. The molecule has 0 saturated heterocycles. The lowest BCUT2D eigenvalue weighted by atomic mass is 10.2. The quantitative estimate of drug-likeness (QED) is 0.541. The second-order valence-corrected chi connectivity index (χ2v) is 9.48. The lowest BCUT2D eigenvalue weighted by Crippen LogP contribution is -2.40. The van der Waals surface area contributed by atoms with Crippen LogP contribution in [0.5, 0.6) is 0 Å². The molecular formula is C22H24ClN3OS. The maximum Gasteiger partial charge on any atom is 0.264 e. The van der Waals surface area contributed by atoms with Crippen molar-refractivity contribution in [2.45, 2.75) is 64.1 Å². The number of halogens is 1. The van der Waals surface area contributed by atoms with Gasteiger partial charge in [0.25, 0.3) is 5.91 Å². The fraction of sp³-hybridized carbons (Fsp3) is 0.455. The summed E-state index contributed by atoms with van der Waals surface area (Å²) in [5.41, 5.74) is 2.01. The van der Waals surface area contributed by atoms with Gasteiger partial charge in [-0.05, 0) is 50.3 Å². The van der Waals surface area contributed by atoms with Gasteiger partial charge in [-0.3, -0.25) is 9.48 Å². The van der Waals surface area contributed by atoms with E-state index < -0.39 is 0 Å². The molecule has 28 heavy (non-hydrogen) atoms. The molecule has 2 heterocycles. The summed E-state index contributed by atoms with van der Waals surface area (Å²) in [6.07, 6.45) is 7.14. The van der Waals surface area contributed by atoms with Crippen molar-refractivity contribution in [1.29, 1.82) is 0 Å². The smallest absolute Gasteiger partial charge is 0.264 e. The van der Waals surface area contributed by atoms with Crippen molar-refractivity contribution in [3.8, 4) is 0 Å². The van der Waals surface area contributed by atoms with Crippen molar-refractivity contribution >= 4 is 39.1 Å². The average molecular weight is 414 g/mol. The van der Waals surface area contributed by atoms with E-state index in [0.29, 0.717) is 18.6 Å². The SMILES string of the molecule is Cc1nn(Cc2ccccc2Cl)c2sc(C(=O)N(C3CCCC3)C3CC3)cc12. The number of carbonyl (C=O) groups excluding carboxylic acids is 1. The molecule has 1 aromatic carbocycles. The van der Waals surface area contributed by atoms with Crippen LogP contribution in [0.25, 0.3) is 10.2 Å². The zero-order chi connectivity index (χ0) is 19.3. The summed E-state index contributed by atoms with van der Waals surface area (Å²) in [4.78, 5) is 17.5. The number of nitrogens with zero attached hydrogens (tertiary/aromatic N) is 3. The predicted molar refractivity (Wildman–Crippen MR) is 114 cm³/mol. The van der Waals surface area contributed by atoms with Gasteiger partial charge in [0.05, 0.1) is 17.1 Å². The van der Waals surface area contributed by atoms with Gasteiger partial charge in [-0.1, -0.05) is 42.6 Å². The van der Waals surface area contributed by atoms with Gasteiger partial charge < -0.3 is 4.90 Å². The number of aryl methyl sites for hydroxylation is 1. The fourth-order valence-electron chi connectivity index (χ4n) is 4.41. The number of rotatable bonds is 5. The molecular weight excluding hydrogens is 390 g/mol. The first-order chi connectivity index (χ1) is 13.6. The molecule has 1 amide bonds. The number of thiophene rings is 1. The topological polar surface area (TPSA) is 38.1 Å². The molecule has 2 saturated carbocycles. The van der Waals surface area contributed by atoms with Crippen LogP contribution in [0, 0.1) is 6.92 Å². The van der Waals surface area contributed by atoms with Gasteiger partial charge in [0.2, 0.25) is 0 Å². The van der Waals surface area contributed by atoms with Crippen LogP contribution < -0.4 is 0 Å². The van der Waals surface area contributed by atoms with Crippen LogP contribution in [0.4, 0.5) is 0 Å². The van der Waals surface area contributed by atoms with Crippen LogP contribution in [0.1, 0.15) is 59.5 Å². The maximum atomic E-state index is 13.4. The molecule has 3 aromatic rings. The Labute approximate surface area is 174 Å². The fourth-order valence-corrected chi connectivity index (χ4v) is 5.71.